The fourth-order valence-electron chi connectivity index (χ4n) is 7.85. The van der Waals surface area contributed by atoms with Crippen molar-refractivity contribution in [3.8, 4) is 0 Å². The highest BCUT2D eigenvalue weighted by atomic mass is 16.5. The van der Waals surface area contributed by atoms with E-state index in [-0.39, 0.29) is 85.7 Å². The molecule has 2 unspecified atom stereocenters. The maximum absolute atomic E-state index is 14.4. The number of methoxy groups -OCH3 is 3. The van der Waals surface area contributed by atoms with Gasteiger partial charge in [-0.15, -0.1) is 0 Å². The molecule has 58 heavy (non-hydrogen) atoms. The summed E-state index contributed by atoms with van der Waals surface area (Å²) in [6.45, 7) is 14.5. The van der Waals surface area contributed by atoms with Crippen LogP contribution in [0.15, 0.2) is 24.8 Å². The van der Waals surface area contributed by atoms with Gasteiger partial charge in [-0.2, -0.15) is 0 Å². The van der Waals surface area contributed by atoms with Crippen LogP contribution in [-0.2, 0) is 51.0 Å². The van der Waals surface area contributed by atoms with Crippen LogP contribution in [0, 0.1) is 13.8 Å². The number of hydrogen-bond donors (Lipinski definition) is 3. The van der Waals surface area contributed by atoms with E-state index in [1.807, 2.05) is 39.0 Å². The third kappa shape index (κ3) is 9.36. The standard InChI is InChI=1S/C45H55N5O8/c1-10-30-24(3)34-21-36-26(5)32(14-15-40(53)57-8)43(49-36)33(20-41(54)58-9)44-42(45(55)46-18-16-28(51)12-13-29(52)17-19-56-7)27(6)37(50-44)23-39-31(11-2)25(4)35(48-39)22-38(30)47-34/h10,21-23,26,32,47-48H,1,11-20H2,2-9H3,(H,46,55). The highest BCUT2D eigenvalue weighted by Gasteiger charge is 2.36. The van der Waals surface area contributed by atoms with Gasteiger partial charge >= 0.3 is 11.9 Å². The van der Waals surface area contributed by atoms with Gasteiger partial charge in [0.15, 0.2) is 0 Å². The number of ketones is 2. The summed E-state index contributed by atoms with van der Waals surface area (Å²) in [7, 11) is 4.16. The molecule has 0 spiro atoms. The van der Waals surface area contributed by atoms with E-state index >= 15 is 0 Å². The molecule has 0 aliphatic carbocycles. The predicted octanol–water partition coefficient (Wildman–Crippen LogP) is 7.08. The Morgan fingerprint density at radius 1 is 0.810 bits per heavy atom. The van der Waals surface area contributed by atoms with Crippen LogP contribution in [0.3, 0.4) is 0 Å². The minimum atomic E-state index is -0.555. The van der Waals surface area contributed by atoms with Crippen molar-refractivity contribution in [2.45, 2.75) is 97.8 Å². The topological polar surface area (TPSA) is 182 Å². The molecule has 5 heterocycles. The molecule has 8 bridgehead atoms. The first-order chi connectivity index (χ1) is 27.8. The Kier molecular flexibility index (Phi) is 14.4. The lowest BCUT2D eigenvalue weighted by atomic mass is 9.84. The van der Waals surface area contributed by atoms with Gasteiger partial charge in [0.05, 0.1) is 49.9 Å². The third-order valence-electron chi connectivity index (χ3n) is 11.4. The molecule has 0 saturated carbocycles. The van der Waals surface area contributed by atoms with Gasteiger partial charge in [-0.3, -0.25) is 29.0 Å². The number of amides is 1. The predicted molar refractivity (Wildman–Crippen MR) is 224 cm³/mol. The van der Waals surface area contributed by atoms with Crippen molar-refractivity contribution in [3.63, 3.8) is 0 Å². The van der Waals surface area contributed by atoms with E-state index in [2.05, 4.69) is 41.8 Å². The van der Waals surface area contributed by atoms with Gasteiger partial charge in [-0.05, 0) is 74.1 Å². The number of nitrogens with one attached hydrogen (secondary N) is 3. The largest absolute Gasteiger partial charge is 0.469 e. The Morgan fingerprint density at radius 3 is 2.14 bits per heavy atom. The number of esters is 2. The van der Waals surface area contributed by atoms with Crippen molar-refractivity contribution in [2.24, 2.45) is 0 Å². The van der Waals surface area contributed by atoms with Crippen LogP contribution in [0.25, 0.3) is 39.3 Å². The third-order valence-corrected chi connectivity index (χ3v) is 11.4. The Balaban J connectivity index is 1.77. The van der Waals surface area contributed by atoms with Crippen molar-refractivity contribution in [1.82, 2.24) is 25.3 Å². The molecule has 3 aromatic rings. The van der Waals surface area contributed by atoms with E-state index in [9.17, 15) is 24.0 Å². The molecule has 0 radical (unpaired) electrons. The first-order valence-corrected chi connectivity index (χ1v) is 19.8. The molecule has 3 N–H and O–H groups in total. The molecule has 3 aromatic heterocycles. The second kappa shape index (κ2) is 19.2. The summed E-state index contributed by atoms with van der Waals surface area (Å²) in [5.41, 5.74) is 10.8. The van der Waals surface area contributed by atoms with Gasteiger partial charge in [0.25, 0.3) is 5.91 Å². The quantitative estimate of drug-likeness (QED) is 0.119. The van der Waals surface area contributed by atoms with Crippen LogP contribution < -0.4 is 5.32 Å². The number of rotatable bonds is 17. The maximum atomic E-state index is 14.4. The van der Waals surface area contributed by atoms with Crippen molar-refractivity contribution < 1.29 is 38.2 Å². The number of H-pyrrole nitrogens is 2. The lowest BCUT2D eigenvalue weighted by Crippen LogP contribution is -2.27. The molecule has 13 heteroatoms. The van der Waals surface area contributed by atoms with Crippen LogP contribution in [0.1, 0.15) is 122 Å². The van der Waals surface area contributed by atoms with Crippen LogP contribution in [-0.4, -0.2) is 83.8 Å². The van der Waals surface area contributed by atoms with E-state index in [4.69, 9.17) is 24.2 Å². The number of Topliss-reactive ketones (excluding diaryl/α,β-unsaturated/α-hetero) is 2. The summed E-state index contributed by atoms with van der Waals surface area (Å²) in [5, 5.41) is 2.90. The van der Waals surface area contributed by atoms with E-state index in [0.717, 1.165) is 56.4 Å². The second-order valence-electron chi connectivity index (χ2n) is 14.9. The molecule has 2 aliphatic rings. The normalized spacial score (nSPS) is 15.0. The van der Waals surface area contributed by atoms with Gasteiger partial charge < -0.3 is 29.5 Å². The molecule has 5 rings (SSSR count). The number of allylic oxidation sites excluding steroid dienone is 1. The Labute approximate surface area is 339 Å². The van der Waals surface area contributed by atoms with Crippen LogP contribution >= 0.6 is 0 Å². The van der Waals surface area contributed by atoms with E-state index < -0.39 is 11.9 Å². The molecule has 0 saturated heterocycles. The number of aryl methyl sites for hydroxylation is 3. The van der Waals surface area contributed by atoms with Crippen molar-refractivity contribution in [2.75, 3.05) is 34.5 Å². The summed E-state index contributed by atoms with van der Waals surface area (Å²) in [5.74, 6) is -2.19. The van der Waals surface area contributed by atoms with Crippen molar-refractivity contribution in [3.05, 3.63) is 75.4 Å². The molecule has 2 aliphatic heterocycles. The van der Waals surface area contributed by atoms with Gasteiger partial charge in [0, 0.05) is 96.5 Å². The van der Waals surface area contributed by atoms with E-state index in [1.165, 1.54) is 21.3 Å². The molecule has 0 fully saturated rings. The number of carbonyl (C=O) groups excluding carboxylic acids is 5. The minimum absolute atomic E-state index is 0.0327. The van der Waals surface area contributed by atoms with Crippen LogP contribution in [0.4, 0.5) is 0 Å². The molecule has 1 amide bonds. The first-order valence-electron chi connectivity index (χ1n) is 19.8. The lowest BCUT2D eigenvalue weighted by Gasteiger charge is -2.18. The maximum Gasteiger partial charge on any atom is 0.310 e. The summed E-state index contributed by atoms with van der Waals surface area (Å²) in [6, 6.07) is 5.99. The zero-order valence-corrected chi connectivity index (χ0v) is 34.9. The van der Waals surface area contributed by atoms with Gasteiger partial charge in [-0.25, -0.2) is 4.98 Å². The first kappa shape index (κ1) is 43.4. The number of ether oxygens (including phenoxy) is 3. The highest BCUT2D eigenvalue weighted by molar-refractivity contribution is 6.27. The molecular formula is C45H55N5O8. The zero-order valence-electron chi connectivity index (χ0n) is 34.9. The van der Waals surface area contributed by atoms with E-state index in [0.29, 0.717) is 35.6 Å². The number of carbonyl (C=O) groups is 5. The number of aromatic amines is 2. The number of nitrogens with zero attached hydrogens (tertiary/aromatic N) is 2. The Hall–Kier alpha value is -5.69. The van der Waals surface area contributed by atoms with Crippen LogP contribution in [0.5, 0.6) is 0 Å². The summed E-state index contributed by atoms with van der Waals surface area (Å²) >= 11 is 0. The van der Waals surface area contributed by atoms with Crippen LogP contribution in [0.2, 0.25) is 0 Å². The van der Waals surface area contributed by atoms with Gasteiger partial charge in [0.1, 0.15) is 11.6 Å². The Morgan fingerprint density at radius 2 is 1.48 bits per heavy atom. The summed E-state index contributed by atoms with van der Waals surface area (Å²) in [6.07, 6.45) is 3.23. The fraction of sp³-hybridized carbons (Fsp3) is 0.444. The monoisotopic (exact) mass is 793 g/mol. The zero-order chi connectivity index (χ0) is 42.3. The fourth-order valence-corrected chi connectivity index (χ4v) is 7.85. The smallest absolute Gasteiger partial charge is 0.310 e. The molecule has 0 aromatic carbocycles. The SMILES string of the molecule is C=Cc1c(C)c2cc3nc(c(CC(=O)OC)c4nc(cc5[nH]c(cc1[nH]2)c(C)c5CC)C(C)=C4C(=O)NCCC(=O)CCC(=O)CCOC)C(CCC(=O)OC)C3C. The van der Waals surface area contributed by atoms with E-state index in [1.54, 1.807) is 0 Å². The summed E-state index contributed by atoms with van der Waals surface area (Å²) < 4.78 is 15.2. The average Bonchev–Trinajstić information content (AvgIpc) is 3.89. The summed E-state index contributed by atoms with van der Waals surface area (Å²) in [4.78, 5) is 82.5. The Bertz CT molecular complexity index is 2330. The molecule has 2 atom stereocenters. The average molecular weight is 794 g/mol. The second-order valence-corrected chi connectivity index (χ2v) is 14.9. The minimum Gasteiger partial charge on any atom is -0.469 e. The lowest BCUT2D eigenvalue weighted by molar-refractivity contribution is -0.141. The molecular weight excluding hydrogens is 739 g/mol. The number of hydrogen-bond acceptors (Lipinski definition) is 10. The van der Waals surface area contributed by atoms with Crippen molar-refractivity contribution >= 4 is 68.7 Å². The number of aromatic nitrogens is 4. The van der Waals surface area contributed by atoms with Gasteiger partial charge in [-0.1, -0.05) is 26.5 Å². The van der Waals surface area contributed by atoms with Gasteiger partial charge in [0.2, 0.25) is 0 Å². The molecule has 308 valence electrons. The number of fused-ring (bicyclic) bond motifs is 8. The van der Waals surface area contributed by atoms with Crippen molar-refractivity contribution in [1.29, 1.82) is 0 Å². The highest BCUT2D eigenvalue weighted by Crippen LogP contribution is 2.44. The molecule has 13 nitrogen and oxygen atoms in total.